The normalized spacial score (nSPS) is 11.3. The van der Waals surface area contributed by atoms with E-state index in [9.17, 15) is 0 Å². The Morgan fingerprint density at radius 2 is 2.05 bits per heavy atom. The van der Waals surface area contributed by atoms with Crippen LogP contribution in [-0.2, 0) is 20.1 Å². The molecule has 2 aromatic heterocycles. The third-order valence-electron chi connectivity index (χ3n) is 3.20. The third-order valence-corrected chi connectivity index (χ3v) is 3.67. The minimum atomic E-state index is 0.364. The Balaban J connectivity index is 2.04. The Morgan fingerprint density at radius 1 is 1.30 bits per heavy atom. The fraction of sp³-hybridized carbons (Fsp3) is 0.467. The minimum Gasteiger partial charge on any atom is -0.307 e. The first kappa shape index (κ1) is 15.0. The molecule has 20 heavy (non-hydrogen) atoms. The van der Waals surface area contributed by atoms with Gasteiger partial charge in [-0.3, -0.25) is 9.67 Å². The summed E-state index contributed by atoms with van der Waals surface area (Å²) in [7, 11) is 1.87. The zero-order chi connectivity index (χ0) is 14.7. The lowest BCUT2D eigenvalue weighted by atomic mass is 10.1. The van der Waals surface area contributed by atoms with Crippen LogP contribution in [0.2, 0.25) is 5.15 Å². The predicted octanol–water partition coefficient (Wildman–Crippen LogP) is 3.19. The van der Waals surface area contributed by atoms with Gasteiger partial charge in [0.2, 0.25) is 0 Å². The number of hydrogen-bond acceptors (Lipinski definition) is 3. The van der Waals surface area contributed by atoms with Gasteiger partial charge in [0.15, 0.2) is 0 Å². The number of pyridine rings is 1. The van der Waals surface area contributed by atoms with E-state index in [1.54, 1.807) is 4.68 Å². The molecule has 0 saturated heterocycles. The highest BCUT2D eigenvalue weighted by Gasteiger charge is 2.16. The fourth-order valence-electron chi connectivity index (χ4n) is 2.21. The average Bonchev–Trinajstić information content (AvgIpc) is 2.67. The van der Waals surface area contributed by atoms with Gasteiger partial charge in [0, 0.05) is 31.4 Å². The molecule has 2 rings (SSSR count). The number of halogens is 1. The molecule has 0 amide bonds. The maximum absolute atomic E-state index is 6.31. The van der Waals surface area contributed by atoms with Crippen molar-refractivity contribution in [2.75, 3.05) is 0 Å². The second-order valence-corrected chi connectivity index (χ2v) is 5.66. The van der Waals surface area contributed by atoms with Gasteiger partial charge in [-0.05, 0) is 25.0 Å². The molecule has 0 radical (unpaired) electrons. The van der Waals surface area contributed by atoms with Crippen molar-refractivity contribution in [1.82, 2.24) is 20.1 Å². The smallest absolute Gasteiger partial charge is 0.131 e. The van der Waals surface area contributed by atoms with Crippen LogP contribution in [0.1, 0.15) is 42.4 Å². The topological polar surface area (TPSA) is 42.7 Å². The van der Waals surface area contributed by atoms with Crippen molar-refractivity contribution in [1.29, 1.82) is 0 Å². The summed E-state index contributed by atoms with van der Waals surface area (Å²) in [6, 6.07) is 6.04. The molecule has 0 aliphatic rings. The summed E-state index contributed by atoms with van der Waals surface area (Å²) in [5.74, 6) is 0.364. The molecule has 0 spiro atoms. The first-order valence-electron chi connectivity index (χ1n) is 6.83. The third kappa shape index (κ3) is 3.38. The maximum Gasteiger partial charge on any atom is 0.131 e. The van der Waals surface area contributed by atoms with Gasteiger partial charge in [-0.1, -0.05) is 31.5 Å². The van der Waals surface area contributed by atoms with Gasteiger partial charge in [-0.2, -0.15) is 5.10 Å². The molecule has 0 aliphatic heterocycles. The SMILES string of the molecule is Cc1cccc(CNCc2c(C(C)C)nn(C)c2Cl)n1. The monoisotopic (exact) mass is 292 g/mol. The van der Waals surface area contributed by atoms with E-state index < -0.39 is 0 Å². The quantitative estimate of drug-likeness (QED) is 0.920. The van der Waals surface area contributed by atoms with E-state index in [4.69, 9.17) is 11.6 Å². The molecule has 0 bridgehead atoms. The molecule has 108 valence electrons. The second kappa shape index (κ2) is 6.37. The zero-order valence-corrected chi connectivity index (χ0v) is 13.2. The van der Waals surface area contributed by atoms with Crippen molar-refractivity contribution in [3.63, 3.8) is 0 Å². The van der Waals surface area contributed by atoms with E-state index in [-0.39, 0.29) is 0 Å². The van der Waals surface area contributed by atoms with E-state index in [2.05, 4.69) is 29.2 Å². The molecule has 0 unspecified atom stereocenters. The molecule has 0 aromatic carbocycles. The van der Waals surface area contributed by atoms with Gasteiger partial charge in [0.05, 0.1) is 11.4 Å². The molecular weight excluding hydrogens is 272 g/mol. The molecule has 4 nitrogen and oxygen atoms in total. The van der Waals surface area contributed by atoms with E-state index in [1.807, 2.05) is 32.2 Å². The molecule has 0 aliphatic carbocycles. The van der Waals surface area contributed by atoms with Crippen molar-refractivity contribution in [3.8, 4) is 0 Å². The second-order valence-electron chi connectivity index (χ2n) is 5.31. The van der Waals surface area contributed by atoms with Crippen molar-refractivity contribution in [3.05, 3.63) is 46.0 Å². The lowest BCUT2D eigenvalue weighted by Crippen LogP contribution is -2.15. The summed E-state index contributed by atoms with van der Waals surface area (Å²) in [5.41, 5.74) is 4.21. The van der Waals surface area contributed by atoms with E-state index >= 15 is 0 Å². The highest BCUT2D eigenvalue weighted by Crippen LogP contribution is 2.25. The number of nitrogens with one attached hydrogen (secondary N) is 1. The number of aryl methyl sites for hydroxylation is 2. The van der Waals surface area contributed by atoms with Gasteiger partial charge < -0.3 is 5.32 Å². The number of hydrogen-bond donors (Lipinski definition) is 1. The zero-order valence-electron chi connectivity index (χ0n) is 12.4. The highest BCUT2D eigenvalue weighted by atomic mass is 35.5. The fourth-order valence-corrected chi connectivity index (χ4v) is 2.41. The lowest BCUT2D eigenvalue weighted by Gasteiger charge is -2.08. The van der Waals surface area contributed by atoms with Gasteiger partial charge in [0.1, 0.15) is 5.15 Å². The molecule has 0 fully saturated rings. The van der Waals surface area contributed by atoms with Crippen LogP contribution in [0.25, 0.3) is 0 Å². The van der Waals surface area contributed by atoms with Crippen LogP contribution in [0.4, 0.5) is 0 Å². The van der Waals surface area contributed by atoms with Crippen LogP contribution >= 0.6 is 11.6 Å². The summed E-state index contributed by atoms with van der Waals surface area (Å²) >= 11 is 6.31. The highest BCUT2D eigenvalue weighted by molar-refractivity contribution is 6.30. The van der Waals surface area contributed by atoms with Crippen LogP contribution < -0.4 is 5.32 Å². The predicted molar refractivity (Wildman–Crippen MR) is 81.8 cm³/mol. The summed E-state index contributed by atoms with van der Waals surface area (Å²) in [6.07, 6.45) is 0. The van der Waals surface area contributed by atoms with Crippen LogP contribution in [0.3, 0.4) is 0 Å². The minimum absolute atomic E-state index is 0.364. The Labute approximate surface area is 125 Å². The molecular formula is C15H21ClN4. The Hall–Kier alpha value is -1.39. The van der Waals surface area contributed by atoms with Crippen molar-refractivity contribution >= 4 is 11.6 Å². The van der Waals surface area contributed by atoms with Gasteiger partial charge >= 0.3 is 0 Å². The Bertz CT molecular complexity index is 590. The van der Waals surface area contributed by atoms with Crippen molar-refractivity contribution in [2.45, 2.75) is 39.8 Å². The molecule has 5 heteroatoms. The standard InChI is InChI=1S/C15H21ClN4/c1-10(2)14-13(15(16)20(4)19-14)9-17-8-12-7-5-6-11(3)18-12/h5-7,10,17H,8-9H2,1-4H3. The molecule has 1 N–H and O–H groups in total. The van der Waals surface area contributed by atoms with Crippen LogP contribution in [0.5, 0.6) is 0 Å². The molecule has 2 heterocycles. The van der Waals surface area contributed by atoms with Gasteiger partial charge in [0.25, 0.3) is 0 Å². The first-order chi connectivity index (χ1) is 9.49. The number of nitrogens with zero attached hydrogens (tertiary/aromatic N) is 3. The number of rotatable bonds is 5. The average molecular weight is 293 g/mol. The van der Waals surface area contributed by atoms with Gasteiger partial charge in [-0.25, -0.2) is 0 Å². The van der Waals surface area contributed by atoms with E-state index in [1.165, 1.54) is 0 Å². The Morgan fingerprint density at radius 3 is 2.70 bits per heavy atom. The van der Waals surface area contributed by atoms with Crippen LogP contribution in [0.15, 0.2) is 18.2 Å². The summed E-state index contributed by atoms with van der Waals surface area (Å²) in [5, 5.41) is 8.58. The molecule has 0 atom stereocenters. The summed E-state index contributed by atoms with van der Waals surface area (Å²) < 4.78 is 1.73. The number of aromatic nitrogens is 3. The maximum atomic E-state index is 6.31. The lowest BCUT2D eigenvalue weighted by molar-refractivity contribution is 0.666. The largest absolute Gasteiger partial charge is 0.307 e. The first-order valence-corrected chi connectivity index (χ1v) is 7.21. The molecule has 2 aromatic rings. The van der Waals surface area contributed by atoms with Crippen LogP contribution in [-0.4, -0.2) is 14.8 Å². The molecule has 0 saturated carbocycles. The van der Waals surface area contributed by atoms with E-state index in [0.717, 1.165) is 29.2 Å². The van der Waals surface area contributed by atoms with Crippen molar-refractivity contribution < 1.29 is 0 Å². The summed E-state index contributed by atoms with van der Waals surface area (Å²) in [4.78, 5) is 4.47. The van der Waals surface area contributed by atoms with Crippen LogP contribution in [0, 0.1) is 6.92 Å². The summed E-state index contributed by atoms with van der Waals surface area (Å²) in [6.45, 7) is 7.69. The van der Waals surface area contributed by atoms with Gasteiger partial charge in [-0.15, -0.1) is 0 Å². The van der Waals surface area contributed by atoms with Crippen molar-refractivity contribution in [2.24, 2.45) is 7.05 Å². The Kier molecular flexibility index (Phi) is 4.78. The van der Waals surface area contributed by atoms with E-state index in [0.29, 0.717) is 17.6 Å².